The van der Waals surface area contributed by atoms with Gasteiger partial charge >= 0.3 is 11.9 Å². The fourth-order valence-corrected chi connectivity index (χ4v) is 3.75. The number of hydrogen-bond acceptors (Lipinski definition) is 5. The van der Waals surface area contributed by atoms with Crippen molar-refractivity contribution in [3.8, 4) is 0 Å². The van der Waals surface area contributed by atoms with Crippen LogP contribution in [0.2, 0.25) is 0 Å². The third-order valence-corrected chi connectivity index (χ3v) is 4.94. The van der Waals surface area contributed by atoms with Crippen LogP contribution in [0.1, 0.15) is 26.7 Å². The molecule has 1 aliphatic carbocycles. The summed E-state index contributed by atoms with van der Waals surface area (Å²) in [5, 5.41) is 30.0. The van der Waals surface area contributed by atoms with Gasteiger partial charge in [0.05, 0.1) is 17.6 Å². The number of ether oxygens (including phenoxy) is 1. The average Bonchev–Trinajstić information content (AvgIpc) is 2.71. The second-order valence-corrected chi connectivity index (χ2v) is 6.49. The number of carbonyl (C=O) groups excluding carboxylic acids is 1. The van der Waals surface area contributed by atoms with Crippen molar-refractivity contribution < 1.29 is 29.6 Å². The zero-order chi connectivity index (χ0) is 15.9. The Hall–Kier alpha value is -1.40. The van der Waals surface area contributed by atoms with E-state index in [1.165, 1.54) is 0 Å². The van der Waals surface area contributed by atoms with Crippen molar-refractivity contribution >= 4 is 11.9 Å². The molecule has 1 aliphatic heterocycles. The van der Waals surface area contributed by atoms with Crippen molar-refractivity contribution in [3.05, 3.63) is 12.2 Å². The van der Waals surface area contributed by atoms with E-state index in [2.05, 4.69) is 6.58 Å². The Bertz CT molecular complexity index is 471. The van der Waals surface area contributed by atoms with E-state index < -0.39 is 35.5 Å². The lowest BCUT2D eigenvalue weighted by Gasteiger charge is -2.45. The summed E-state index contributed by atoms with van der Waals surface area (Å²) in [5.74, 6) is -3.39. The van der Waals surface area contributed by atoms with Gasteiger partial charge < -0.3 is 20.1 Å². The highest BCUT2D eigenvalue weighted by molar-refractivity contribution is 5.87. The second kappa shape index (κ2) is 5.42. The minimum absolute atomic E-state index is 0.0768. The molecule has 1 saturated carbocycles. The van der Waals surface area contributed by atoms with Crippen molar-refractivity contribution in [3.63, 3.8) is 0 Å². The van der Waals surface area contributed by atoms with Crippen LogP contribution in [-0.2, 0) is 14.3 Å². The molecule has 2 fully saturated rings. The Balaban J connectivity index is 2.40. The van der Waals surface area contributed by atoms with Gasteiger partial charge in [-0.15, -0.1) is 0 Å². The quantitative estimate of drug-likeness (QED) is 0.518. The predicted octanol–water partition coefficient (Wildman–Crippen LogP) is 0.574. The number of cyclic esters (lactones) is 1. The minimum atomic E-state index is -1.38. The number of fused-ring (bicyclic) bond motifs is 1. The Labute approximate surface area is 123 Å². The first-order valence-corrected chi connectivity index (χ1v) is 7.18. The Morgan fingerprint density at radius 2 is 2.10 bits per heavy atom. The van der Waals surface area contributed by atoms with Crippen LogP contribution in [0.3, 0.4) is 0 Å². The van der Waals surface area contributed by atoms with Gasteiger partial charge in [0.2, 0.25) is 0 Å². The highest BCUT2D eigenvalue weighted by atomic mass is 16.6. The molecule has 6 nitrogen and oxygen atoms in total. The molecule has 0 bridgehead atoms. The zero-order valence-corrected chi connectivity index (χ0v) is 12.3. The van der Waals surface area contributed by atoms with Gasteiger partial charge in [-0.1, -0.05) is 20.4 Å². The molecular formula is C15H22O6. The molecular weight excluding hydrogens is 276 g/mol. The topological polar surface area (TPSA) is 104 Å². The maximum atomic E-state index is 12.0. The number of esters is 1. The van der Waals surface area contributed by atoms with Crippen LogP contribution in [0, 0.1) is 23.7 Å². The molecule has 0 aromatic rings. The molecule has 5 atom stereocenters. The molecule has 0 radical (unpaired) electrons. The number of aliphatic carboxylic acids is 1. The first-order chi connectivity index (χ1) is 9.69. The van der Waals surface area contributed by atoms with E-state index in [9.17, 15) is 19.8 Å². The fourth-order valence-electron chi connectivity index (χ4n) is 3.75. The van der Waals surface area contributed by atoms with Crippen molar-refractivity contribution in [1.29, 1.82) is 0 Å². The summed E-state index contributed by atoms with van der Waals surface area (Å²) in [6.45, 7) is 7.22. The highest BCUT2D eigenvalue weighted by Crippen LogP contribution is 2.50. The summed E-state index contributed by atoms with van der Waals surface area (Å²) in [5.41, 5.74) is -1.66. The Morgan fingerprint density at radius 1 is 1.48 bits per heavy atom. The van der Waals surface area contributed by atoms with Crippen LogP contribution in [0.5, 0.6) is 0 Å². The van der Waals surface area contributed by atoms with E-state index in [4.69, 9.17) is 9.84 Å². The lowest BCUT2D eigenvalue weighted by molar-refractivity contribution is -0.151. The van der Waals surface area contributed by atoms with Gasteiger partial charge in [0, 0.05) is 5.92 Å². The molecule has 2 aliphatic rings. The molecule has 118 valence electrons. The van der Waals surface area contributed by atoms with Gasteiger partial charge in [-0.25, -0.2) is 4.79 Å². The molecule has 1 heterocycles. The first kappa shape index (κ1) is 16.0. The van der Waals surface area contributed by atoms with Gasteiger partial charge in [0.15, 0.2) is 0 Å². The van der Waals surface area contributed by atoms with Gasteiger partial charge in [-0.2, -0.15) is 0 Å². The molecule has 0 aromatic heterocycles. The van der Waals surface area contributed by atoms with E-state index in [1.807, 2.05) is 13.8 Å². The Morgan fingerprint density at radius 3 is 2.62 bits per heavy atom. The van der Waals surface area contributed by atoms with E-state index in [0.717, 1.165) is 0 Å². The molecule has 0 unspecified atom stereocenters. The maximum absolute atomic E-state index is 12.0. The van der Waals surface area contributed by atoms with Gasteiger partial charge in [0.1, 0.15) is 12.2 Å². The number of rotatable bonds is 4. The molecule has 1 saturated heterocycles. The summed E-state index contributed by atoms with van der Waals surface area (Å²) in [4.78, 5) is 23.1. The van der Waals surface area contributed by atoms with Crippen molar-refractivity contribution in [1.82, 2.24) is 0 Å². The molecule has 21 heavy (non-hydrogen) atoms. The third-order valence-electron chi connectivity index (χ3n) is 4.94. The smallest absolute Gasteiger partial charge is 0.333 e. The predicted molar refractivity (Wildman–Crippen MR) is 73.2 cm³/mol. The lowest BCUT2D eigenvalue weighted by Crippen LogP contribution is -2.54. The largest absolute Gasteiger partial charge is 0.478 e. The SMILES string of the molecule is C=C(C(=O)O)[C@H](O)[C@@H]1[C@H](C(C)C)CC[C@@]2(O)COC(=O)[C@@H]12. The summed E-state index contributed by atoms with van der Waals surface area (Å²) < 4.78 is 4.97. The molecule has 2 rings (SSSR count). The summed E-state index contributed by atoms with van der Waals surface area (Å²) >= 11 is 0. The van der Waals surface area contributed by atoms with E-state index in [1.54, 1.807) is 0 Å². The standard InChI is InChI=1S/C15H22O6/c1-7(2)9-4-5-15(20)6-21-14(19)11(15)10(9)12(16)8(3)13(17)18/h7,9-12,16,20H,3-6H2,1-2H3,(H,17,18)/t9-,10+,11+,12-,15+/m0/s1. The van der Waals surface area contributed by atoms with Gasteiger partial charge in [0.25, 0.3) is 0 Å². The van der Waals surface area contributed by atoms with Gasteiger partial charge in [-0.3, -0.25) is 4.79 Å². The molecule has 6 heteroatoms. The number of carboxylic acid groups (broad SMARTS) is 1. The fraction of sp³-hybridized carbons (Fsp3) is 0.733. The van der Waals surface area contributed by atoms with E-state index in [0.29, 0.717) is 12.8 Å². The number of carbonyl (C=O) groups is 2. The van der Waals surface area contributed by atoms with Crippen molar-refractivity contribution in [2.45, 2.75) is 38.4 Å². The Kier molecular flexibility index (Phi) is 4.13. The van der Waals surface area contributed by atoms with Crippen molar-refractivity contribution in [2.24, 2.45) is 23.7 Å². The molecule has 0 spiro atoms. The number of carboxylic acids is 1. The van der Waals surface area contributed by atoms with Crippen LogP contribution < -0.4 is 0 Å². The summed E-state index contributed by atoms with van der Waals surface area (Å²) in [6, 6.07) is 0. The lowest BCUT2D eigenvalue weighted by atomic mass is 9.60. The van der Waals surface area contributed by atoms with Crippen LogP contribution >= 0.6 is 0 Å². The monoisotopic (exact) mass is 298 g/mol. The normalized spacial score (nSPS) is 37.0. The minimum Gasteiger partial charge on any atom is -0.478 e. The highest BCUT2D eigenvalue weighted by Gasteiger charge is 2.59. The van der Waals surface area contributed by atoms with Crippen LogP contribution in [0.25, 0.3) is 0 Å². The molecule has 0 amide bonds. The second-order valence-electron chi connectivity index (χ2n) is 6.49. The first-order valence-electron chi connectivity index (χ1n) is 7.18. The summed E-state index contributed by atoms with van der Waals surface area (Å²) in [7, 11) is 0. The molecule has 0 aromatic carbocycles. The maximum Gasteiger partial charge on any atom is 0.333 e. The van der Waals surface area contributed by atoms with E-state index in [-0.39, 0.29) is 24.0 Å². The van der Waals surface area contributed by atoms with Crippen LogP contribution in [0.15, 0.2) is 12.2 Å². The number of hydrogen-bond donors (Lipinski definition) is 3. The van der Waals surface area contributed by atoms with Gasteiger partial charge in [-0.05, 0) is 24.7 Å². The van der Waals surface area contributed by atoms with E-state index >= 15 is 0 Å². The molecule has 3 N–H and O–H groups in total. The third kappa shape index (κ3) is 2.58. The van der Waals surface area contributed by atoms with Crippen LogP contribution in [-0.4, -0.2) is 45.6 Å². The van der Waals surface area contributed by atoms with Crippen LogP contribution in [0.4, 0.5) is 0 Å². The van der Waals surface area contributed by atoms with Crippen molar-refractivity contribution in [2.75, 3.05) is 6.61 Å². The number of aliphatic hydroxyl groups is 2. The average molecular weight is 298 g/mol. The summed E-state index contributed by atoms with van der Waals surface area (Å²) in [6.07, 6.45) is -0.359. The zero-order valence-electron chi connectivity index (χ0n) is 12.3. The number of aliphatic hydroxyl groups excluding tert-OH is 1.